The van der Waals surface area contributed by atoms with Gasteiger partial charge in [0.2, 0.25) is 0 Å². The summed E-state index contributed by atoms with van der Waals surface area (Å²) in [7, 11) is -3.66. The average Bonchev–Trinajstić information content (AvgIpc) is 2.38. The average molecular weight is 364 g/mol. The van der Waals surface area contributed by atoms with Crippen LogP contribution >= 0.6 is 24.0 Å². The zero-order valence-corrected chi connectivity index (χ0v) is 12.7. The SMILES string of the molecule is O=[P+](O)C(F)(F)c1cc2cc(CCO)ccc2cc1Br. The number of benzene rings is 2. The molecule has 0 aliphatic carbocycles. The van der Waals surface area contributed by atoms with E-state index in [1.165, 1.54) is 12.1 Å². The number of aliphatic hydroxyl groups excluding tert-OH is 1. The van der Waals surface area contributed by atoms with Crippen LogP contribution in [-0.2, 0) is 16.6 Å². The van der Waals surface area contributed by atoms with E-state index in [1.54, 1.807) is 18.2 Å². The zero-order chi connectivity index (χ0) is 14.9. The first kappa shape index (κ1) is 15.4. The van der Waals surface area contributed by atoms with Gasteiger partial charge >= 0.3 is 13.7 Å². The fraction of sp³-hybridized carbons (Fsp3) is 0.231. The molecule has 2 aromatic carbocycles. The van der Waals surface area contributed by atoms with Crippen LogP contribution in [0, 0.1) is 0 Å². The summed E-state index contributed by atoms with van der Waals surface area (Å²) in [6.07, 6.45) is 0.423. The molecular weight excluding hydrogens is 353 g/mol. The van der Waals surface area contributed by atoms with Crippen molar-refractivity contribution in [2.24, 2.45) is 0 Å². The molecule has 0 fully saturated rings. The van der Waals surface area contributed by atoms with Crippen LogP contribution in [0.4, 0.5) is 8.78 Å². The summed E-state index contributed by atoms with van der Waals surface area (Å²) >= 11 is 3.01. The Morgan fingerprint density at radius 1 is 1.20 bits per heavy atom. The predicted molar refractivity (Wildman–Crippen MR) is 76.2 cm³/mol. The fourth-order valence-corrected chi connectivity index (χ4v) is 3.09. The highest BCUT2D eigenvalue weighted by atomic mass is 79.9. The van der Waals surface area contributed by atoms with Gasteiger partial charge in [0.25, 0.3) is 0 Å². The van der Waals surface area contributed by atoms with E-state index in [9.17, 15) is 13.3 Å². The quantitative estimate of drug-likeness (QED) is 0.809. The van der Waals surface area contributed by atoms with Crippen LogP contribution in [0.15, 0.2) is 34.8 Å². The van der Waals surface area contributed by atoms with Crippen molar-refractivity contribution in [3.63, 3.8) is 0 Å². The fourth-order valence-electron chi connectivity index (χ4n) is 1.94. The maximum atomic E-state index is 13.7. The minimum atomic E-state index is -3.81. The Morgan fingerprint density at radius 3 is 2.50 bits per heavy atom. The Bertz CT molecular complexity index is 676. The molecule has 106 valence electrons. The third-order valence-corrected chi connectivity index (χ3v) is 4.33. The summed E-state index contributed by atoms with van der Waals surface area (Å²) in [5.41, 5.74) is -3.52. The standard InChI is InChI=1S/C13H10BrF2O3P/c14-12-7-9-2-1-8(3-4-17)5-10(9)6-11(12)13(15,16)20(18)19/h1-2,5-7,17H,3-4H2/p+1. The van der Waals surface area contributed by atoms with Crippen LogP contribution < -0.4 is 0 Å². The Hall–Kier alpha value is -0.940. The highest BCUT2D eigenvalue weighted by molar-refractivity contribution is 9.10. The van der Waals surface area contributed by atoms with E-state index in [-0.39, 0.29) is 11.1 Å². The van der Waals surface area contributed by atoms with Gasteiger partial charge in [0.1, 0.15) is 0 Å². The molecule has 2 N–H and O–H groups in total. The van der Waals surface area contributed by atoms with Gasteiger partial charge in [-0.05, 0) is 39.5 Å². The molecule has 0 aromatic heterocycles. The number of hydrogen-bond acceptors (Lipinski definition) is 2. The minimum absolute atomic E-state index is 0.0342. The highest BCUT2D eigenvalue weighted by Crippen LogP contribution is 2.50. The van der Waals surface area contributed by atoms with E-state index in [4.69, 9.17) is 10.00 Å². The molecule has 0 aliphatic rings. The van der Waals surface area contributed by atoms with Crippen molar-refractivity contribution < 1.29 is 23.3 Å². The van der Waals surface area contributed by atoms with Gasteiger partial charge in [0, 0.05) is 11.1 Å². The van der Waals surface area contributed by atoms with Crippen molar-refractivity contribution in [3.05, 3.63) is 45.9 Å². The molecular formula is C13H11BrF2O3P+. The van der Waals surface area contributed by atoms with Crippen molar-refractivity contribution in [2.45, 2.75) is 12.1 Å². The van der Waals surface area contributed by atoms with Crippen LogP contribution in [0.3, 0.4) is 0 Å². The number of fused-ring (bicyclic) bond motifs is 1. The van der Waals surface area contributed by atoms with Crippen LogP contribution in [0.2, 0.25) is 0 Å². The van der Waals surface area contributed by atoms with E-state index in [2.05, 4.69) is 15.9 Å². The van der Waals surface area contributed by atoms with E-state index in [0.29, 0.717) is 11.8 Å². The third-order valence-electron chi connectivity index (χ3n) is 2.96. The van der Waals surface area contributed by atoms with Crippen LogP contribution in [0.5, 0.6) is 0 Å². The molecule has 0 amide bonds. The molecule has 2 rings (SSSR count). The zero-order valence-electron chi connectivity index (χ0n) is 10.2. The Morgan fingerprint density at radius 2 is 1.90 bits per heavy atom. The van der Waals surface area contributed by atoms with Gasteiger partial charge in [-0.1, -0.05) is 34.1 Å². The van der Waals surface area contributed by atoms with Gasteiger partial charge in [-0.25, -0.2) is 0 Å². The molecule has 7 heteroatoms. The second kappa shape index (κ2) is 5.82. The number of hydrogen-bond donors (Lipinski definition) is 2. The second-order valence-corrected chi connectivity index (χ2v) is 6.26. The molecule has 0 aliphatic heterocycles. The molecule has 1 atom stereocenters. The maximum Gasteiger partial charge on any atom is 0.589 e. The van der Waals surface area contributed by atoms with Crippen LogP contribution in [0.25, 0.3) is 10.8 Å². The normalized spacial score (nSPS) is 12.8. The van der Waals surface area contributed by atoms with Gasteiger partial charge in [0.15, 0.2) is 0 Å². The first-order valence-corrected chi connectivity index (χ1v) is 7.74. The molecule has 3 nitrogen and oxygen atoms in total. The summed E-state index contributed by atoms with van der Waals surface area (Å²) in [6, 6.07) is 7.92. The second-order valence-electron chi connectivity index (χ2n) is 4.30. The number of halogens is 3. The van der Waals surface area contributed by atoms with E-state index in [0.717, 1.165) is 10.9 Å². The van der Waals surface area contributed by atoms with Crippen LogP contribution in [-0.4, -0.2) is 16.6 Å². The molecule has 0 spiro atoms. The lowest BCUT2D eigenvalue weighted by atomic mass is 10.0. The summed E-state index contributed by atoms with van der Waals surface area (Å²) in [4.78, 5) is 8.77. The smallest absolute Gasteiger partial charge is 0.396 e. The number of rotatable bonds is 4. The Labute approximate surface area is 123 Å². The van der Waals surface area contributed by atoms with Crippen molar-refractivity contribution in [3.8, 4) is 0 Å². The van der Waals surface area contributed by atoms with Crippen LogP contribution in [0.1, 0.15) is 11.1 Å². The van der Waals surface area contributed by atoms with E-state index in [1.807, 2.05) is 0 Å². The summed E-state index contributed by atoms with van der Waals surface area (Å²) in [6.45, 7) is -0.0342. The molecule has 1 unspecified atom stereocenters. The molecule has 20 heavy (non-hydrogen) atoms. The topological polar surface area (TPSA) is 57.5 Å². The molecule has 0 radical (unpaired) electrons. The molecule has 2 aromatic rings. The summed E-state index contributed by atoms with van der Waals surface area (Å²) in [5, 5.41) is 10.2. The maximum absolute atomic E-state index is 13.7. The van der Waals surface area contributed by atoms with Gasteiger partial charge < -0.3 is 5.11 Å². The van der Waals surface area contributed by atoms with Gasteiger partial charge in [-0.3, -0.25) is 0 Å². The molecule has 0 heterocycles. The van der Waals surface area contributed by atoms with Gasteiger partial charge in [-0.15, -0.1) is 8.78 Å². The molecule has 0 saturated carbocycles. The van der Waals surface area contributed by atoms with Gasteiger partial charge in [-0.2, -0.15) is 4.89 Å². The number of aliphatic hydroxyl groups is 1. The lowest BCUT2D eigenvalue weighted by molar-refractivity contribution is 0.0808. The monoisotopic (exact) mass is 363 g/mol. The lowest BCUT2D eigenvalue weighted by Gasteiger charge is -2.09. The van der Waals surface area contributed by atoms with E-state index >= 15 is 0 Å². The van der Waals surface area contributed by atoms with Crippen molar-refractivity contribution >= 4 is 34.7 Å². The summed E-state index contributed by atoms with van der Waals surface area (Å²) < 4.78 is 38.3. The molecule has 0 bridgehead atoms. The Kier molecular flexibility index (Phi) is 4.49. The third kappa shape index (κ3) is 2.88. The Balaban J connectivity index is 2.62. The van der Waals surface area contributed by atoms with Crippen molar-refractivity contribution in [1.29, 1.82) is 0 Å². The van der Waals surface area contributed by atoms with E-state index < -0.39 is 19.3 Å². The minimum Gasteiger partial charge on any atom is -0.396 e. The van der Waals surface area contributed by atoms with Gasteiger partial charge in [0.05, 0.1) is 5.56 Å². The van der Waals surface area contributed by atoms with Crippen molar-refractivity contribution in [1.82, 2.24) is 0 Å². The van der Waals surface area contributed by atoms with Crippen molar-refractivity contribution in [2.75, 3.05) is 6.61 Å². The lowest BCUT2D eigenvalue weighted by Crippen LogP contribution is -2.08. The summed E-state index contributed by atoms with van der Waals surface area (Å²) in [5.74, 6) is 0. The number of alkyl halides is 2. The largest absolute Gasteiger partial charge is 0.589 e. The first-order valence-electron chi connectivity index (χ1n) is 5.74. The first-order chi connectivity index (χ1) is 9.36. The molecule has 0 saturated heterocycles. The predicted octanol–water partition coefficient (Wildman–Crippen LogP) is 3.92. The highest BCUT2D eigenvalue weighted by Gasteiger charge is 2.54.